The summed E-state index contributed by atoms with van der Waals surface area (Å²) >= 11 is 0. The zero-order valence-electron chi connectivity index (χ0n) is 7.59. The van der Waals surface area contributed by atoms with Gasteiger partial charge in [-0.15, -0.1) is 0 Å². The van der Waals surface area contributed by atoms with Gasteiger partial charge in [0.15, 0.2) is 0 Å². The molecule has 0 aromatic rings. The number of allylic oxidation sites excluding steroid dienone is 1. The Hall–Kier alpha value is -0.920. The Kier molecular flexibility index (Phi) is 5.35. The maximum absolute atomic E-state index is 4.02. The molecule has 0 atom stereocenters. The average molecular weight is 152 g/mol. The van der Waals surface area contributed by atoms with E-state index in [4.69, 9.17) is 0 Å². The van der Waals surface area contributed by atoms with Gasteiger partial charge >= 0.3 is 0 Å². The Bertz CT molecular complexity index is 178. The molecule has 11 heavy (non-hydrogen) atoms. The molecule has 0 amide bonds. The second kappa shape index (κ2) is 5.83. The van der Waals surface area contributed by atoms with Crippen molar-refractivity contribution in [3.05, 3.63) is 12.7 Å². The van der Waals surface area contributed by atoms with Gasteiger partial charge in [0.2, 0.25) is 0 Å². The molecule has 0 aliphatic heterocycles. The molecular weight excluding hydrogens is 136 g/mol. The van der Waals surface area contributed by atoms with Crippen LogP contribution in [0.25, 0.3) is 0 Å². The van der Waals surface area contributed by atoms with E-state index in [1.54, 1.807) is 6.08 Å². The van der Waals surface area contributed by atoms with Crippen molar-refractivity contribution in [1.29, 1.82) is 0 Å². The summed E-state index contributed by atoms with van der Waals surface area (Å²) in [7, 11) is 0. The maximum atomic E-state index is 4.02. The van der Waals surface area contributed by atoms with Gasteiger partial charge in [0, 0.05) is 5.71 Å². The summed E-state index contributed by atoms with van der Waals surface area (Å²) < 4.78 is 0. The van der Waals surface area contributed by atoms with Gasteiger partial charge in [0.25, 0.3) is 0 Å². The largest absolute Gasteiger partial charge is 0.160 e. The van der Waals surface area contributed by atoms with Gasteiger partial charge in [-0.25, -0.2) is 0 Å². The van der Waals surface area contributed by atoms with E-state index in [9.17, 15) is 0 Å². The van der Waals surface area contributed by atoms with Crippen LogP contribution in [0.4, 0.5) is 0 Å². The highest BCUT2D eigenvalue weighted by molar-refractivity contribution is 5.94. The number of hydrogen-bond acceptors (Lipinski definition) is 2. The van der Waals surface area contributed by atoms with Crippen molar-refractivity contribution < 1.29 is 0 Å². The summed E-state index contributed by atoms with van der Waals surface area (Å²) in [5.41, 5.74) is 2.00. The molecule has 0 unspecified atom stereocenters. The van der Waals surface area contributed by atoms with E-state index in [-0.39, 0.29) is 0 Å². The molecule has 2 nitrogen and oxygen atoms in total. The number of hydrogen-bond donors (Lipinski definition) is 0. The van der Waals surface area contributed by atoms with Gasteiger partial charge in [-0.2, -0.15) is 10.2 Å². The third-order valence-electron chi connectivity index (χ3n) is 1.46. The molecule has 62 valence electrons. The molecule has 0 spiro atoms. The van der Waals surface area contributed by atoms with Gasteiger partial charge in [-0.1, -0.05) is 20.4 Å². The summed E-state index contributed by atoms with van der Waals surface area (Å²) in [6, 6.07) is 0. The van der Waals surface area contributed by atoms with Crippen LogP contribution < -0.4 is 0 Å². The fourth-order valence-electron chi connectivity index (χ4n) is 0.476. The fraction of sp³-hybridized carbons (Fsp3) is 0.556. The van der Waals surface area contributed by atoms with Crippen LogP contribution in [-0.2, 0) is 0 Å². The second-order valence-electron chi connectivity index (χ2n) is 2.34. The third kappa shape index (κ3) is 4.48. The minimum absolute atomic E-state index is 0.893. The number of nitrogens with zero attached hydrogens (tertiary/aromatic N) is 2. The van der Waals surface area contributed by atoms with Crippen LogP contribution in [0, 0.1) is 0 Å². The molecule has 0 bridgehead atoms. The SMILES string of the molecule is C=C/C(CC)=N\N=C(/C)CC. The van der Waals surface area contributed by atoms with E-state index in [2.05, 4.69) is 23.7 Å². The molecule has 0 aromatic carbocycles. The summed E-state index contributed by atoms with van der Waals surface area (Å²) in [5.74, 6) is 0. The Morgan fingerprint density at radius 2 is 1.91 bits per heavy atom. The first kappa shape index (κ1) is 10.1. The minimum Gasteiger partial charge on any atom is -0.160 e. The Morgan fingerprint density at radius 1 is 1.27 bits per heavy atom. The molecule has 0 aliphatic carbocycles. The van der Waals surface area contributed by atoms with Crippen LogP contribution in [0.15, 0.2) is 22.9 Å². The first-order valence-electron chi connectivity index (χ1n) is 3.97. The normalized spacial score (nSPS) is 13.4. The second-order valence-corrected chi connectivity index (χ2v) is 2.34. The molecule has 0 aromatic heterocycles. The van der Waals surface area contributed by atoms with Crippen LogP contribution in [0.1, 0.15) is 33.6 Å². The van der Waals surface area contributed by atoms with E-state index in [0.29, 0.717) is 0 Å². The summed E-state index contributed by atoms with van der Waals surface area (Å²) in [5, 5.41) is 8.04. The quantitative estimate of drug-likeness (QED) is 0.437. The van der Waals surface area contributed by atoms with Crippen molar-refractivity contribution in [3.63, 3.8) is 0 Å². The molecule has 0 N–H and O–H groups in total. The van der Waals surface area contributed by atoms with Crippen molar-refractivity contribution in [2.75, 3.05) is 0 Å². The minimum atomic E-state index is 0.893. The average Bonchev–Trinajstić information content (AvgIpc) is 2.06. The lowest BCUT2D eigenvalue weighted by Crippen LogP contribution is -1.90. The summed E-state index contributed by atoms with van der Waals surface area (Å²) in [4.78, 5) is 0. The van der Waals surface area contributed by atoms with Gasteiger partial charge in [0.05, 0.1) is 5.71 Å². The van der Waals surface area contributed by atoms with Gasteiger partial charge < -0.3 is 0 Å². The molecule has 0 fully saturated rings. The monoisotopic (exact) mass is 152 g/mol. The highest BCUT2D eigenvalue weighted by atomic mass is 15.2. The summed E-state index contributed by atoms with van der Waals surface area (Å²) in [6.07, 6.45) is 3.59. The van der Waals surface area contributed by atoms with Gasteiger partial charge in [-0.3, -0.25) is 0 Å². The van der Waals surface area contributed by atoms with Crippen molar-refractivity contribution >= 4 is 11.4 Å². The highest BCUT2D eigenvalue weighted by Crippen LogP contribution is 1.91. The van der Waals surface area contributed by atoms with Gasteiger partial charge in [0.1, 0.15) is 0 Å². The molecular formula is C9H16N2. The van der Waals surface area contributed by atoms with E-state index in [1.165, 1.54) is 0 Å². The molecule has 0 aliphatic rings. The first-order valence-corrected chi connectivity index (χ1v) is 3.97. The van der Waals surface area contributed by atoms with Crippen LogP contribution in [0.3, 0.4) is 0 Å². The molecule has 0 rings (SSSR count). The van der Waals surface area contributed by atoms with E-state index < -0.39 is 0 Å². The Morgan fingerprint density at radius 3 is 2.27 bits per heavy atom. The van der Waals surface area contributed by atoms with Crippen LogP contribution in [0.5, 0.6) is 0 Å². The fourth-order valence-corrected chi connectivity index (χ4v) is 0.476. The van der Waals surface area contributed by atoms with Crippen molar-refractivity contribution in [3.8, 4) is 0 Å². The van der Waals surface area contributed by atoms with Crippen LogP contribution in [-0.4, -0.2) is 11.4 Å². The lowest BCUT2D eigenvalue weighted by atomic mass is 10.3. The zero-order chi connectivity index (χ0) is 8.69. The van der Waals surface area contributed by atoms with Crippen LogP contribution >= 0.6 is 0 Å². The smallest absolute Gasteiger partial charge is 0.0621 e. The molecule has 0 radical (unpaired) electrons. The Balaban J connectivity index is 4.17. The topological polar surface area (TPSA) is 24.7 Å². The maximum Gasteiger partial charge on any atom is 0.0621 e. The molecule has 2 heteroatoms. The van der Waals surface area contributed by atoms with Crippen molar-refractivity contribution in [2.24, 2.45) is 10.2 Å². The van der Waals surface area contributed by atoms with Crippen LogP contribution in [0.2, 0.25) is 0 Å². The standard InChI is InChI=1S/C9H16N2/c1-5-8(4)10-11-9(6-2)7-3/h6H,2,5,7H2,1,3-4H3/b10-8+,11-9+. The first-order chi connectivity index (χ1) is 5.24. The van der Waals surface area contributed by atoms with E-state index in [1.807, 2.05) is 13.8 Å². The highest BCUT2D eigenvalue weighted by Gasteiger charge is 1.87. The number of rotatable bonds is 4. The van der Waals surface area contributed by atoms with Gasteiger partial charge in [-0.05, 0) is 25.8 Å². The third-order valence-corrected chi connectivity index (χ3v) is 1.46. The van der Waals surface area contributed by atoms with Crippen molar-refractivity contribution in [2.45, 2.75) is 33.6 Å². The molecule has 0 heterocycles. The molecule has 0 saturated heterocycles. The predicted octanol–water partition coefficient (Wildman–Crippen LogP) is 2.81. The predicted molar refractivity (Wildman–Crippen MR) is 51.3 cm³/mol. The lowest BCUT2D eigenvalue weighted by molar-refractivity contribution is 1.13. The molecule has 0 saturated carbocycles. The zero-order valence-corrected chi connectivity index (χ0v) is 7.59. The van der Waals surface area contributed by atoms with E-state index in [0.717, 1.165) is 24.3 Å². The Labute approximate surface area is 68.7 Å². The van der Waals surface area contributed by atoms with Crippen molar-refractivity contribution in [1.82, 2.24) is 0 Å². The lowest BCUT2D eigenvalue weighted by Gasteiger charge is -1.92. The van der Waals surface area contributed by atoms with E-state index >= 15 is 0 Å². The summed E-state index contributed by atoms with van der Waals surface area (Å²) in [6.45, 7) is 9.71.